The first-order valence-corrected chi connectivity index (χ1v) is 8.43. The lowest BCUT2D eigenvalue weighted by Gasteiger charge is -2.16. The van der Waals surface area contributed by atoms with Gasteiger partial charge >= 0.3 is 0 Å². The molecule has 1 aromatic rings. The third-order valence-electron chi connectivity index (χ3n) is 4.49. The van der Waals surface area contributed by atoms with Crippen LogP contribution >= 0.6 is 0 Å². The zero-order chi connectivity index (χ0) is 14.4. The number of rotatable bonds is 6. The van der Waals surface area contributed by atoms with E-state index >= 15 is 0 Å². The van der Waals surface area contributed by atoms with Gasteiger partial charge in [0.15, 0.2) is 0 Å². The predicted molar refractivity (Wildman–Crippen MR) is 73.9 cm³/mol. The van der Waals surface area contributed by atoms with Crippen LogP contribution in [0.25, 0.3) is 0 Å². The Morgan fingerprint density at radius 3 is 2.60 bits per heavy atom. The van der Waals surface area contributed by atoms with Crippen LogP contribution in [0.15, 0.2) is 23.1 Å². The van der Waals surface area contributed by atoms with Crippen molar-refractivity contribution in [2.75, 3.05) is 6.54 Å². The maximum Gasteiger partial charge on any atom is 0.241 e. The third-order valence-corrected chi connectivity index (χ3v) is 5.97. The van der Waals surface area contributed by atoms with Gasteiger partial charge in [0, 0.05) is 13.1 Å². The monoisotopic (exact) mass is 298 g/mol. The minimum Gasteiger partial charge on any atom is -0.326 e. The molecule has 0 atom stereocenters. The summed E-state index contributed by atoms with van der Waals surface area (Å²) in [7, 11) is -3.69. The quantitative estimate of drug-likeness (QED) is 0.840. The van der Waals surface area contributed by atoms with E-state index in [-0.39, 0.29) is 16.9 Å². The molecule has 1 aromatic carbocycles. The summed E-state index contributed by atoms with van der Waals surface area (Å²) in [6.07, 6.45) is 4.59. The van der Waals surface area contributed by atoms with Crippen molar-refractivity contribution in [2.45, 2.75) is 37.1 Å². The highest BCUT2D eigenvalue weighted by atomic mass is 32.2. The van der Waals surface area contributed by atoms with Gasteiger partial charge in [0.05, 0.1) is 4.90 Å². The lowest BCUT2D eigenvalue weighted by molar-refractivity contribution is 0.431. The maximum atomic E-state index is 13.3. The molecule has 2 aliphatic carbocycles. The van der Waals surface area contributed by atoms with Crippen molar-refractivity contribution in [3.63, 3.8) is 0 Å². The maximum absolute atomic E-state index is 13.3. The Bertz CT molecular complexity index is 622. The van der Waals surface area contributed by atoms with Crippen molar-refractivity contribution >= 4 is 10.0 Å². The normalized spacial score (nSPS) is 20.9. The molecule has 6 heteroatoms. The molecular formula is C14H19FN2O2S. The molecule has 0 aromatic heterocycles. The molecule has 0 unspecified atom stereocenters. The fourth-order valence-electron chi connectivity index (χ4n) is 2.85. The van der Waals surface area contributed by atoms with Crippen molar-refractivity contribution in [3.05, 3.63) is 29.6 Å². The van der Waals surface area contributed by atoms with Gasteiger partial charge in [0.25, 0.3) is 0 Å². The topological polar surface area (TPSA) is 72.2 Å². The average Bonchev–Trinajstić information content (AvgIpc) is 3.28. The lowest BCUT2D eigenvalue weighted by Crippen LogP contribution is -2.32. The third kappa shape index (κ3) is 2.60. The summed E-state index contributed by atoms with van der Waals surface area (Å²) in [4.78, 5) is -0.0356. The van der Waals surface area contributed by atoms with Gasteiger partial charge in [0.1, 0.15) is 5.82 Å². The number of sulfonamides is 1. The van der Waals surface area contributed by atoms with E-state index in [0.29, 0.717) is 18.0 Å². The summed E-state index contributed by atoms with van der Waals surface area (Å²) < 4.78 is 40.7. The van der Waals surface area contributed by atoms with E-state index in [2.05, 4.69) is 4.72 Å². The molecular weight excluding hydrogens is 279 g/mol. The minimum atomic E-state index is -3.69. The number of benzene rings is 1. The highest BCUT2D eigenvalue weighted by Gasteiger charge is 2.53. The van der Waals surface area contributed by atoms with E-state index in [0.717, 1.165) is 18.9 Å². The van der Waals surface area contributed by atoms with Gasteiger partial charge in [-0.15, -0.1) is 0 Å². The van der Waals surface area contributed by atoms with E-state index in [1.165, 1.54) is 25.0 Å². The lowest BCUT2D eigenvalue weighted by atomic mass is 10.0. The summed E-state index contributed by atoms with van der Waals surface area (Å²) in [6.45, 7) is 0.533. The number of halogens is 1. The van der Waals surface area contributed by atoms with Gasteiger partial charge in [-0.25, -0.2) is 17.5 Å². The summed E-state index contributed by atoms with van der Waals surface area (Å²) in [5.41, 5.74) is 6.15. The van der Waals surface area contributed by atoms with Crippen LogP contribution in [0.5, 0.6) is 0 Å². The highest BCUT2D eigenvalue weighted by molar-refractivity contribution is 7.89. The van der Waals surface area contributed by atoms with Crippen LogP contribution in [0.2, 0.25) is 0 Å². The van der Waals surface area contributed by atoms with Gasteiger partial charge in [-0.1, -0.05) is 6.07 Å². The van der Waals surface area contributed by atoms with Gasteiger partial charge in [-0.05, 0) is 54.7 Å². The molecule has 0 bridgehead atoms. The molecule has 0 spiro atoms. The second-order valence-electron chi connectivity index (χ2n) is 5.92. The molecule has 0 saturated heterocycles. The molecule has 20 heavy (non-hydrogen) atoms. The first-order chi connectivity index (χ1) is 9.47. The molecule has 2 saturated carbocycles. The largest absolute Gasteiger partial charge is 0.326 e. The van der Waals surface area contributed by atoms with Gasteiger partial charge < -0.3 is 5.73 Å². The number of nitrogens with two attached hydrogens (primary N) is 1. The van der Waals surface area contributed by atoms with Crippen LogP contribution in [0.1, 0.15) is 31.2 Å². The molecule has 0 aliphatic heterocycles. The highest BCUT2D eigenvalue weighted by Crippen LogP contribution is 2.60. The fraction of sp³-hybridized carbons (Fsp3) is 0.571. The zero-order valence-electron chi connectivity index (χ0n) is 11.2. The molecule has 2 fully saturated rings. The smallest absolute Gasteiger partial charge is 0.241 e. The van der Waals surface area contributed by atoms with Crippen molar-refractivity contribution in [3.8, 4) is 0 Å². The second-order valence-corrected chi connectivity index (χ2v) is 7.65. The second kappa shape index (κ2) is 4.79. The Morgan fingerprint density at radius 2 is 2.05 bits per heavy atom. The van der Waals surface area contributed by atoms with E-state index in [9.17, 15) is 12.8 Å². The predicted octanol–water partition coefficient (Wildman–Crippen LogP) is 1.75. The van der Waals surface area contributed by atoms with Gasteiger partial charge in [0.2, 0.25) is 10.0 Å². The SMILES string of the molecule is NCc1ccc(F)cc1S(=O)(=O)NCC1(C2CC2)CC1. The Morgan fingerprint density at radius 1 is 1.35 bits per heavy atom. The Hall–Kier alpha value is -0.980. The number of nitrogens with one attached hydrogen (secondary N) is 1. The summed E-state index contributed by atoms with van der Waals surface area (Å²) in [5, 5.41) is 0. The fourth-order valence-corrected chi connectivity index (χ4v) is 4.25. The molecule has 0 amide bonds. The van der Waals surface area contributed by atoms with Crippen LogP contribution in [-0.4, -0.2) is 15.0 Å². The Labute approximate surface area is 118 Å². The van der Waals surface area contributed by atoms with E-state index in [1.54, 1.807) is 0 Å². The van der Waals surface area contributed by atoms with Crippen LogP contribution in [0, 0.1) is 17.2 Å². The van der Waals surface area contributed by atoms with Crippen molar-refractivity contribution in [1.82, 2.24) is 4.72 Å². The molecule has 0 heterocycles. The van der Waals surface area contributed by atoms with Gasteiger partial charge in [-0.3, -0.25) is 0 Å². The standard InChI is InChI=1S/C14H19FN2O2S/c15-12-4-1-10(8-16)13(7-12)20(18,19)17-9-14(5-6-14)11-2-3-11/h1,4,7,11,17H,2-3,5-6,8-9,16H2. The molecule has 2 aliphatic rings. The first kappa shape index (κ1) is 14.0. The van der Waals surface area contributed by atoms with Crippen molar-refractivity contribution < 1.29 is 12.8 Å². The summed E-state index contributed by atoms with van der Waals surface area (Å²) >= 11 is 0. The van der Waals surface area contributed by atoms with E-state index in [1.807, 2.05) is 0 Å². The van der Waals surface area contributed by atoms with Crippen LogP contribution in [-0.2, 0) is 16.6 Å². The number of hydrogen-bond acceptors (Lipinski definition) is 3. The average molecular weight is 298 g/mol. The number of hydrogen-bond donors (Lipinski definition) is 2. The molecule has 4 nitrogen and oxygen atoms in total. The zero-order valence-corrected chi connectivity index (χ0v) is 12.0. The Balaban J connectivity index is 1.79. The minimum absolute atomic E-state index is 0.0356. The van der Waals surface area contributed by atoms with Crippen LogP contribution in [0.4, 0.5) is 4.39 Å². The van der Waals surface area contributed by atoms with E-state index in [4.69, 9.17) is 5.73 Å². The summed E-state index contributed by atoms with van der Waals surface area (Å²) in [6, 6.07) is 3.70. The first-order valence-electron chi connectivity index (χ1n) is 6.95. The molecule has 3 rings (SSSR count). The molecule has 3 N–H and O–H groups in total. The Kier molecular flexibility index (Phi) is 3.35. The van der Waals surface area contributed by atoms with E-state index < -0.39 is 15.8 Å². The summed E-state index contributed by atoms with van der Waals surface area (Å²) in [5.74, 6) is 0.109. The van der Waals surface area contributed by atoms with Gasteiger partial charge in [-0.2, -0.15) is 0 Å². The van der Waals surface area contributed by atoms with Crippen LogP contribution < -0.4 is 10.5 Å². The van der Waals surface area contributed by atoms with Crippen LogP contribution in [0.3, 0.4) is 0 Å². The van der Waals surface area contributed by atoms with Crippen molar-refractivity contribution in [2.24, 2.45) is 17.1 Å². The molecule has 110 valence electrons. The van der Waals surface area contributed by atoms with Crippen molar-refractivity contribution in [1.29, 1.82) is 0 Å². The molecule has 0 radical (unpaired) electrons.